The van der Waals surface area contributed by atoms with Crippen LogP contribution in [0.3, 0.4) is 0 Å². The van der Waals surface area contributed by atoms with E-state index in [-0.39, 0.29) is 23.6 Å². The van der Waals surface area contributed by atoms with E-state index in [0.717, 1.165) is 4.88 Å². The highest BCUT2D eigenvalue weighted by atomic mass is 35.5. The SMILES string of the molecule is CCOc1cc(C=NNC(=O)Cc2cccs2)ccc1OC(=O)c1ccccc1Cl. The maximum absolute atomic E-state index is 12.4. The van der Waals surface area contributed by atoms with Crippen molar-refractivity contribution in [2.75, 3.05) is 6.61 Å². The minimum atomic E-state index is -0.580. The van der Waals surface area contributed by atoms with Gasteiger partial charge in [-0.3, -0.25) is 4.79 Å². The number of hydrazone groups is 1. The number of nitrogens with zero attached hydrogens (tertiary/aromatic N) is 1. The zero-order valence-electron chi connectivity index (χ0n) is 16.1. The number of amides is 1. The van der Waals surface area contributed by atoms with E-state index >= 15 is 0 Å². The summed E-state index contributed by atoms with van der Waals surface area (Å²) in [6.45, 7) is 2.21. The molecule has 0 atom stereocenters. The molecule has 0 aliphatic carbocycles. The smallest absolute Gasteiger partial charge is 0.345 e. The van der Waals surface area contributed by atoms with Gasteiger partial charge in [0, 0.05) is 4.88 Å². The first-order valence-electron chi connectivity index (χ1n) is 9.14. The summed E-state index contributed by atoms with van der Waals surface area (Å²) in [5.74, 6) is -0.139. The Bertz CT molecular complexity index is 1050. The molecule has 0 spiro atoms. The van der Waals surface area contributed by atoms with E-state index in [1.165, 1.54) is 17.6 Å². The Hall–Kier alpha value is -3.16. The average molecular weight is 443 g/mol. The molecule has 1 aromatic heterocycles. The Kier molecular flexibility index (Phi) is 7.59. The molecular weight excluding hydrogens is 424 g/mol. The third-order valence-electron chi connectivity index (χ3n) is 3.88. The zero-order valence-corrected chi connectivity index (χ0v) is 17.7. The fourth-order valence-electron chi connectivity index (χ4n) is 2.53. The second kappa shape index (κ2) is 10.6. The van der Waals surface area contributed by atoms with Crippen molar-refractivity contribution in [2.24, 2.45) is 5.10 Å². The molecule has 2 aromatic carbocycles. The predicted octanol–water partition coefficient (Wildman–Crippen LogP) is 4.71. The zero-order chi connectivity index (χ0) is 21.3. The van der Waals surface area contributed by atoms with Crippen molar-refractivity contribution >= 4 is 41.0 Å². The van der Waals surface area contributed by atoms with E-state index in [1.54, 1.807) is 42.5 Å². The molecule has 6 nitrogen and oxygen atoms in total. The van der Waals surface area contributed by atoms with Crippen LogP contribution >= 0.6 is 22.9 Å². The highest BCUT2D eigenvalue weighted by Gasteiger charge is 2.15. The molecular formula is C22H19ClN2O4S. The second-order valence-electron chi connectivity index (χ2n) is 6.06. The molecule has 0 saturated heterocycles. The molecule has 1 N–H and O–H groups in total. The van der Waals surface area contributed by atoms with E-state index < -0.39 is 5.97 Å². The maximum Gasteiger partial charge on any atom is 0.345 e. The summed E-state index contributed by atoms with van der Waals surface area (Å²) in [6.07, 6.45) is 1.77. The first-order valence-corrected chi connectivity index (χ1v) is 10.4. The van der Waals surface area contributed by atoms with Crippen LogP contribution in [0.15, 0.2) is 65.1 Å². The highest BCUT2D eigenvalue weighted by molar-refractivity contribution is 7.10. The number of hydrogen-bond acceptors (Lipinski definition) is 6. The van der Waals surface area contributed by atoms with Gasteiger partial charge in [-0.25, -0.2) is 10.2 Å². The Morgan fingerprint density at radius 1 is 1.13 bits per heavy atom. The van der Waals surface area contributed by atoms with Gasteiger partial charge in [-0.1, -0.05) is 29.8 Å². The van der Waals surface area contributed by atoms with Crippen LogP contribution in [0, 0.1) is 0 Å². The molecule has 0 unspecified atom stereocenters. The molecule has 154 valence electrons. The molecule has 1 amide bonds. The van der Waals surface area contributed by atoms with Crippen molar-refractivity contribution in [1.82, 2.24) is 5.43 Å². The Labute approximate surface area is 183 Å². The largest absolute Gasteiger partial charge is 0.490 e. The van der Waals surface area contributed by atoms with E-state index in [2.05, 4.69) is 10.5 Å². The first-order chi connectivity index (χ1) is 14.6. The Morgan fingerprint density at radius 2 is 1.97 bits per heavy atom. The summed E-state index contributed by atoms with van der Waals surface area (Å²) >= 11 is 7.57. The third kappa shape index (κ3) is 5.92. The summed E-state index contributed by atoms with van der Waals surface area (Å²) in [6, 6.07) is 15.4. The number of halogens is 1. The summed E-state index contributed by atoms with van der Waals surface area (Å²) in [7, 11) is 0. The average Bonchev–Trinajstić information content (AvgIpc) is 3.23. The molecule has 0 aliphatic rings. The molecule has 0 bridgehead atoms. The van der Waals surface area contributed by atoms with Gasteiger partial charge in [-0.2, -0.15) is 5.10 Å². The van der Waals surface area contributed by atoms with E-state index in [4.69, 9.17) is 21.1 Å². The van der Waals surface area contributed by atoms with Crippen LogP contribution in [0.5, 0.6) is 11.5 Å². The monoisotopic (exact) mass is 442 g/mol. The van der Waals surface area contributed by atoms with Gasteiger partial charge in [0.15, 0.2) is 11.5 Å². The fraction of sp³-hybridized carbons (Fsp3) is 0.136. The van der Waals surface area contributed by atoms with Crippen molar-refractivity contribution in [3.8, 4) is 11.5 Å². The van der Waals surface area contributed by atoms with Crippen molar-refractivity contribution in [2.45, 2.75) is 13.3 Å². The van der Waals surface area contributed by atoms with Gasteiger partial charge in [0.2, 0.25) is 5.91 Å². The molecule has 8 heteroatoms. The van der Waals surface area contributed by atoms with Gasteiger partial charge in [0.25, 0.3) is 0 Å². The standard InChI is InChI=1S/C22H19ClN2O4S/c1-2-28-20-12-15(14-24-25-21(26)13-16-6-5-11-30-16)9-10-19(20)29-22(27)17-7-3-4-8-18(17)23/h3-12,14H,2,13H2,1H3,(H,25,26). The lowest BCUT2D eigenvalue weighted by Gasteiger charge is -2.12. The number of esters is 1. The van der Waals surface area contributed by atoms with Crippen LogP contribution < -0.4 is 14.9 Å². The van der Waals surface area contributed by atoms with Gasteiger partial charge in [0.1, 0.15) is 0 Å². The fourth-order valence-corrected chi connectivity index (χ4v) is 3.45. The lowest BCUT2D eigenvalue weighted by Crippen LogP contribution is -2.19. The summed E-state index contributed by atoms with van der Waals surface area (Å²) in [4.78, 5) is 25.3. The molecule has 1 heterocycles. The Balaban J connectivity index is 1.67. The normalized spacial score (nSPS) is 10.7. The second-order valence-corrected chi connectivity index (χ2v) is 7.50. The summed E-state index contributed by atoms with van der Waals surface area (Å²) in [5.41, 5.74) is 3.43. The van der Waals surface area contributed by atoms with Crippen molar-refractivity contribution in [3.05, 3.63) is 81.0 Å². The molecule has 30 heavy (non-hydrogen) atoms. The van der Waals surface area contributed by atoms with Crippen LogP contribution in [0.1, 0.15) is 27.7 Å². The van der Waals surface area contributed by atoms with Crippen molar-refractivity contribution in [1.29, 1.82) is 0 Å². The van der Waals surface area contributed by atoms with E-state index in [0.29, 0.717) is 22.9 Å². The topological polar surface area (TPSA) is 77.0 Å². The number of benzene rings is 2. The van der Waals surface area contributed by atoms with Crippen molar-refractivity contribution < 1.29 is 19.1 Å². The van der Waals surface area contributed by atoms with Crippen LogP contribution in [0.4, 0.5) is 0 Å². The molecule has 3 aromatic rings. The highest BCUT2D eigenvalue weighted by Crippen LogP contribution is 2.29. The van der Waals surface area contributed by atoms with Crippen LogP contribution in [-0.2, 0) is 11.2 Å². The number of hydrogen-bond donors (Lipinski definition) is 1. The van der Waals surface area contributed by atoms with E-state index in [1.807, 2.05) is 24.4 Å². The lowest BCUT2D eigenvalue weighted by atomic mass is 10.2. The maximum atomic E-state index is 12.4. The summed E-state index contributed by atoms with van der Waals surface area (Å²) in [5, 5.41) is 6.20. The van der Waals surface area contributed by atoms with Gasteiger partial charge in [-0.05, 0) is 54.3 Å². The predicted molar refractivity (Wildman–Crippen MR) is 118 cm³/mol. The minimum Gasteiger partial charge on any atom is -0.490 e. The van der Waals surface area contributed by atoms with Crippen molar-refractivity contribution in [3.63, 3.8) is 0 Å². The molecule has 0 radical (unpaired) electrons. The summed E-state index contributed by atoms with van der Waals surface area (Å²) < 4.78 is 11.0. The molecule has 0 fully saturated rings. The number of thiophene rings is 1. The first kappa shape index (κ1) is 21.5. The number of rotatable bonds is 8. The molecule has 0 saturated carbocycles. The quantitative estimate of drug-likeness (QED) is 0.237. The van der Waals surface area contributed by atoms with Gasteiger partial charge in [0.05, 0.1) is 29.8 Å². The number of carbonyl (C=O) groups is 2. The van der Waals surface area contributed by atoms with Crippen LogP contribution in [0.25, 0.3) is 0 Å². The third-order valence-corrected chi connectivity index (χ3v) is 5.09. The number of ether oxygens (including phenoxy) is 2. The number of nitrogens with one attached hydrogen (secondary N) is 1. The Morgan fingerprint density at radius 3 is 2.70 bits per heavy atom. The number of carbonyl (C=O) groups excluding carboxylic acids is 2. The van der Waals surface area contributed by atoms with E-state index in [9.17, 15) is 9.59 Å². The lowest BCUT2D eigenvalue weighted by molar-refractivity contribution is -0.120. The van der Waals surface area contributed by atoms with Gasteiger partial charge >= 0.3 is 5.97 Å². The minimum absolute atomic E-state index is 0.205. The molecule has 3 rings (SSSR count). The van der Waals surface area contributed by atoms with Gasteiger partial charge in [-0.15, -0.1) is 11.3 Å². The van der Waals surface area contributed by atoms with Gasteiger partial charge < -0.3 is 9.47 Å². The molecule has 0 aliphatic heterocycles. The van der Waals surface area contributed by atoms with Crippen LogP contribution in [-0.4, -0.2) is 24.7 Å². The van der Waals surface area contributed by atoms with Crippen LogP contribution in [0.2, 0.25) is 5.02 Å².